The number of carbonyl (C=O) groups excluding carboxylic acids is 3. The largest absolute Gasteiger partial charge is 0.495 e. The van der Waals surface area contributed by atoms with E-state index in [1.165, 1.54) is 0 Å². The van der Waals surface area contributed by atoms with E-state index in [2.05, 4.69) is 10.6 Å². The van der Waals surface area contributed by atoms with E-state index < -0.39 is 0 Å². The van der Waals surface area contributed by atoms with E-state index in [9.17, 15) is 14.4 Å². The third-order valence-electron chi connectivity index (χ3n) is 5.09. The molecule has 1 aromatic carbocycles. The van der Waals surface area contributed by atoms with Gasteiger partial charge in [-0.2, -0.15) is 0 Å². The first-order valence-corrected chi connectivity index (χ1v) is 9.81. The smallest absolute Gasteiger partial charge is 0.319 e. The summed E-state index contributed by atoms with van der Waals surface area (Å²) in [5.74, 6) is 0.803. The molecule has 8 nitrogen and oxygen atoms in total. The summed E-state index contributed by atoms with van der Waals surface area (Å²) in [7, 11) is 1.56. The van der Waals surface area contributed by atoms with Crippen LogP contribution < -0.4 is 20.3 Å². The summed E-state index contributed by atoms with van der Waals surface area (Å²) in [6, 6.07) is 4.74. The molecule has 4 amide bonds. The monoisotopic (exact) mass is 388 g/mol. The molecule has 2 N–H and O–H groups in total. The fourth-order valence-corrected chi connectivity index (χ4v) is 3.70. The summed E-state index contributed by atoms with van der Waals surface area (Å²) in [6.07, 6.45) is 3.83. The topological polar surface area (TPSA) is 91.0 Å². The predicted octanol–water partition coefficient (Wildman–Crippen LogP) is 2.34. The first kappa shape index (κ1) is 20.0. The second-order valence-corrected chi connectivity index (χ2v) is 7.33. The molecule has 1 atom stereocenters. The molecule has 0 aliphatic carbocycles. The van der Waals surface area contributed by atoms with Crippen LogP contribution in [0.15, 0.2) is 18.2 Å². The van der Waals surface area contributed by atoms with Crippen LogP contribution in [0, 0.1) is 0 Å². The molecule has 3 rings (SSSR count). The minimum atomic E-state index is -0.347. The number of carbonyl (C=O) groups is 3. The number of urea groups is 1. The second kappa shape index (κ2) is 8.95. The second-order valence-electron chi connectivity index (χ2n) is 7.33. The van der Waals surface area contributed by atoms with Crippen molar-refractivity contribution in [2.24, 2.45) is 0 Å². The number of nitrogens with zero attached hydrogens (tertiary/aromatic N) is 2. The first-order valence-electron chi connectivity index (χ1n) is 9.81. The SMILES string of the molecule is COc1ccc(NC(=O)N[C@H](C)CN2CCCC2=O)cc1N1CCCCC1=O. The molecule has 0 unspecified atom stereocenters. The summed E-state index contributed by atoms with van der Waals surface area (Å²) in [5, 5.41) is 5.66. The maximum atomic E-state index is 12.3. The highest BCUT2D eigenvalue weighted by Gasteiger charge is 2.24. The van der Waals surface area contributed by atoms with Crippen molar-refractivity contribution < 1.29 is 19.1 Å². The summed E-state index contributed by atoms with van der Waals surface area (Å²) in [6.45, 7) is 3.77. The molecule has 1 aromatic rings. The Balaban J connectivity index is 1.63. The average molecular weight is 388 g/mol. The Bertz CT molecular complexity index is 752. The van der Waals surface area contributed by atoms with E-state index in [0.29, 0.717) is 43.1 Å². The number of likely N-dealkylation sites (tertiary alicyclic amines) is 1. The zero-order valence-corrected chi connectivity index (χ0v) is 16.5. The lowest BCUT2D eigenvalue weighted by molar-refractivity contribution is -0.128. The van der Waals surface area contributed by atoms with Gasteiger partial charge in [0.15, 0.2) is 0 Å². The van der Waals surface area contributed by atoms with Crippen molar-refractivity contribution in [3.05, 3.63) is 18.2 Å². The van der Waals surface area contributed by atoms with Gasteiger partial charge in [0.05, 0.1) is 12.8 Å². The Kier molecular flexibility index (Phi) is 6.38. The van der Waals surface area contributed by atoms with Crippen LogP contribution in [0.25, 0.3) is 0 Å². The first-order chi connectivity index (χ1) is 13.5. The molecule has 2 saturated heterocycles. The van der Waals surface area contributed by atoms with Gasteiger partial charge in [-0.1, -0.05) is 0 Å². The molecule has 0 radical (unpaired) electrons. The Morgan fingerprint density at radius 2 is 1.93 bits per heavy atom. The van der Waals surface area contributed by atoms with E-state index in [1.54, 1.807) is 35.1 Å². The Morgan fingerprint density at radius 1 is 1.14 bits per heavy atom. The zero-order chi connectivity index (χ0) is 20.1. The van der Waals surface area contributed by atoms with Gasteiger partial charge in [0.2, 0.25) is 11.8 Å². The third-order valence-corrected chi connectivity index (χ3v) is 5.09. The quantitative estimate of drug-likeness (QED) is 0.783. The molecule has 0 saturated carbocycles. The number of nitrogens with one attached hydrogen (secondary N) is 2. The lowest BCUT2D eigenvalue weighted by Gasteiger charge is -2.28. The lowest BCUT2D eigenvalue weighted by Crippen LogP contribution is -2.44. The molecule has 152 valence electrons. The molecule has 0 bridgehead atoms. The Labute approximate surface area is 165 Å². The van der Waals surface area contributed by atoms with Crippen molar-refractivity contribution in [1.29, 1.82) is 0 Å². The van der Waals surface area contributed by atoms with Gasteiger partial charge in [0.1, 0.15) is 5.75 Å². The molecule has 2 aliphatic rings. The fraction of sp³-hybridized carbons (Fsp3) is 0.550. The maximum Gasteiger partial charge on any atom is 0.319 e. The molecule has 28 heavy (non-hydrogen) atoms. The van der Waals surface area contributed by atoms with Crippen LogP contribution in [0.3, 0.4) is 0 Å². The van der Waals surface area contributed by atoms with Crippen molar-refractivity contribution in [3.8, 4) is 5.75 Å². The van der Waals surface area contributed by atoms with E-state index in [0.717, 1.165) is 25.8 Å². The number of benzene rings is 1. The molecule has 0 aromatic heterocycles. The van der Waals surface area contributed by atoms with Crippen LogP contribution in [0.5, 0.6) is 5.75 Å². The molecule has 2 aliphatic heterocycles. The molecule has 8 heteroatoms. The minimum Gasteiger partial charge on any atom is -0.495 e. The van der Waals surface area contributed by atoms with Gasteiger partial charge in [0, 0.05) is 44.2 Å². The summed E-state index contributed by atoms with van der Waals surface area (Å²) in [4.78, 5) is 39.8. The van der Waals surface area contributed by atoms with E-state index in [4.69, 9.17) is 4.74 Å². The Morgan fingerprint density at radius 3 is 2.61 bits per heavy atom. The van der Waals surface area contributed by atoms with Gasteiger partial charge in [-0.3, -0.25) is 9.59 Å². The van der Waals surface area contributed by atoms with E-state index in [-0.39, 0.29) is 23.9 Å². The number of ether oxygens (including phenoxy) is 1. The summed E-state index contributed by atoms with van der Waals surface area (Å²) >= 11 is 0. The van der Waals surface area contributed by atoms with Gasteiger partial charge < -0.3 is 25.2 Å². The highest BCUT2D eigenvalue weighted by atomic mass is 16.5. The van der Waals surface area contributed by atoms with Gasteiger partial charge in [-0.15, -0.1) is 0 Å². The maximum absolute atomic E-state index is 12.3. The van der Waals surface area contributed by atoms with Gasteiger partial charge in [-0.05, 0) is 44.4 Å². The normalized spacial score (nSPS) is 18.2. The van der Waals surface area contributed by atoms with E-state index in [1.807, 2.05) is 6.92 Å². The van der Waals surface area contributed by atoms with Gasteiger partial charge in [-0.25, -0.2) is 4.79 Å². The van der Waals surface area contributed by atoms with Crippen LogP contribution in [-0.2, 0) is 9.59 Å². The van der Waals surface area contributed by atoms with Crippen molar-refractivity contribution in [2.75, 3.05) is 37.0 Å². The number of piperidine rings is 1. The lowest BCUT2D eigenvalue weighted by atomic mass is 10.1. The average Bonchev–Trinajstić information content (AvgIpc) is 3.06. The van der Waals surface area contributed by atoms with Crippen molar-refractivity contribution >= 4 is 29.2 Å². The Hall–Kier alpha value is -2.77. The van der Waals surface area contributed by atoms with Crippen LogP contribution >= 0.6 is 0 Å². The number of methoxy groups -OCH3 is 1. The van der Waals surface area contributed by atoms with Crippen LogP contribution in [0.1, 0.15) is 39.0 Å². The van der Waals surface area contributed by atoms with Crippen molar-refractivity contribution in [3.63, 3.8) is 0 Å². The van der Waals surface area contributed by atoms with E-state index >= 15 is 0 Å². The third kappa shape index (κ3) is 4.74. The summed E-state index contributed by atoms with van der Waals surface area (Å²) in [5.41, 5.74) is 1.25. The van der Waals surface area contributed by atoms with Crippen LogP contribution in [0.4, 0.5) is 16.2 Å². The fourth-order valence-electron chi connectivity index (χ4n) is 3.70. The predicted molar refractivity (Wildman–Crippen MR) is 107 cm³/mol. The highest BCUT2D eigenvalue weighted by Crippen LogP contribution is 2.33. The number of hydrogen-bond donors (Lipinski definition) is 2. The molecular weight excluding hydrogens is 360 g/mol. The number of anilines is 2. The standard InChI is InChI=1S/C20H28N4O4/c1-14(13-23-10-5-7-18(23)25)21-20(27)22-15-8-9-17(28-2)16(12-15)24-11-4-3-6-19(24)26/h8-9,12,14H,3-7,10-11,13H2,1-2H3,(H2,21,22,27)/t14-/m1/s1. The van der Waals surface area contributed by atoms with Gasteiger partial charge in [0.25, 0.3) is 0 Å². The van der Waals surface area contributed by atoms with Crippen LogP contribution in [0.2, 0.25) is 0 Å². The molecular formula is C20H28N4O4. The molecule has 2 heterocycles. The highest BCUT2D eigenvalue weighted by molar-refractivity contribution is 5.97. The number of rotatable bonds is 6. The molecule has 0 spiro atoms. The van der Waals surface area contributed by atoms with Crippen LogP contribution in [-0.4, -0.2) is 55.5 Å². The zero-order valence-electron chi connectivity index (χ0n) is 16.5. The number of amides is 4. The van der Waals surface area contributed by atoms with Crippen molar-refractivity contribution in [1.82, 2.24) is 10.2 Å². The number of hydrogen-bond acceptors (Lipinski definition) is 4. The van der Waals surface area contributed by atoms with Gasteiger partial charge >= 0.3 is 6.03 Å². The summed E-state index contributed by atoms with van der Waals surface area (Å²) < 4.78 is 5.40. The molecule has 2 fully saturated rings. The van der Waals surface area contributed by atoms with Crippen molar-refractivity contribution in [2.45, 2.75) is 45.1 Å². The minimum absolute atomic E-state index is 0.0649.